The number of hydrogen-bond acceptors (Lipinski definition) is 5. The highest BCUT2D eigenvalue weighted by Gasteiger charge is 2.12. The van der Waals surface area contributed by atoms with Gasteiger partial charge >= 0.3 is 0 Å². The third-order valence-corrected chi connectivity index (χ3v) is 5.37. The maximum atomic E-state index is 12.6. The highest BCUT2D eigenvalue weighted by atomic mass is 79.9. The van der Waals surface area contributed by atoms with E-state index in [4.69, 9.17) is 0 Å². The van der Waals surface area contributed by atoms with Crippen LogP contribution in [0.15, 0.2) is 65.9 Å². The smallest absolute Gasteiger partial charge is 0.254 e. The Balaban J connectivity index is 1.28. The monoisotopic (exact) mass is 474 g/mol. The van der Waals surface area contributed by atoms with Crippen LogP contribution >= 0.6 is 15.9 Å². The first kappa shape index (κ1) is 19.0. The van der Waals surface area contributed by atoms with E-state index >= 15 is 0 Å². The van der Waals surface area contributed by atoms with E-state index in [2.05, 4.69) is 42.4 Å². The lowest BCUT2D eigenvalue weighted by Gasteiger charge is -2.02. The van der Waals surface area contributed by atoms with Gasteiger partial charge in [0, 0.05) is 23.1 Å². The molecule has 31 heavy (non-hydrogen) atoms. The minimum Gasteiger partial charge on any atom is -0.346 e. The number of rotatable bonds is 5. The molecule has 5 aromatic rings. The van der Waals surface area contributed by atoms with Gasteiger partial charge in [-0.1, -0.05) is 22.0 Å². The number of nitrogens with one attached hydrogen (secondary N) is 1. The fourth-order valence-electron chi connectivity index (χ4n) is 3.38. The maximum Gasteiger partial charge on any atom is 0.254 e. The molecule has 0 saturated heterocycles. The molecule has 0 spiro atoms. The lowest BCUT2D eigenvalue weighted by Crippen LogP contribution is -2.22. The Labute approximate surface area is 184 Å². The van der Waals surface area contributed by atoms with Crippen LogP contribution in [-0.2, 0) is 13.1 Å². The topological polar surface area (TPSA) is 105 Å². The van der Waals surface area contributed by atoms with Crippen LogP contribution < -0.4 is 5.32 Å². The zero-order chi connectivity index (χ0) is 21.4. The Morgan fingerprint density at radius 2 is 2.16 bits per heavy atom. The van der Waals surface area contributed by atoms with Crippen molar-refractivity contribution in [2.75, 3.05) is 0 Å². The van der Waals surface area contributed by atoms with Crippen molar-refractivity contribution in [1.29, 1.82) is 5.26 Å². The first-order chi connectivity index (χ1) is 15.1. The molecule has 1 amide bonds. The number of carbonyl (C=O) groups is 1. The molecule has 5 rings (SSSR count). The summed E-state index contributed by atoms with van der Waals surface area (Å²) in [6.45, 7) is 0.694. The lowest BCUT2D eigenvalue weighted by molar-refractivity contribution is 0.0950. The molecule has 0 radical (unpaired) electrons. The van der Waals surface area contributed by atoms with E-state index in [1.54, 1.807) is 39.9 Å². The number of carbonyl (C=O) groups excluding carboxylic acids is 1. The SMILES string of the molecule is N#Cc1cccc2nc(Cn3cc(C(=O)NCc4ncn5ccc(Br)cc45)cn3)cn12. The second kappa shape index (κ2) is 7.70. The highest BCUT2D eigenvalue weighted by Crippen LogP contribution is 2.16. The summed E-state index contributed by atoms with van der Waals surface area (Å²) in [4.78, 5) is 21.5. The van der Waals surface area contributed by atoms with E-state index < -0.39 is 0 Å². The molecule has 0 unspecified atom stereocenters. The Morgan fingerprint density at radius 3 is 3.03 bits per heavy atom. The zero-order valence-corrected chi connectivity index (χ0v) is 17.7. The summed E-state index contributed by atoms with van der Waals surface area (Å²) in [5, 5.41) is 16.4. The fourth-order valence-corrected chi connectivity index (χ4v) is 3.72. The van der Waals surface area contributed by atoms with Crippen molar-refractivity contribution in [3.05, 3.63) is 88.6 Å². The summed E-state index contributed by atoms with van der Waals surface area (Å²) in [7, 11) is 0. The van der Waals surface area contributed by atoms with E-state index in [-0.39, 0.29) is 5.91 Å². The van der Waals surface area contributed by atoms with Gasteiger partial charge in [0.25, 0.3) is 5.91 Å². The molecule has 0 fully saturated rings. The van der Waals surface area contributed by atoms with Crippen molar-refractivity contribution in [3.8, 4) is 6.07 Å². The van der Waals surface area contributed by atoms with Gasteiger partial charge in [0.1, 0.15) is 17.4 Å². The van der Waals surface area contributed by atoms with Crippen molar-refractivity contribution in [2.45, 2.75) is 13.1 Å². The molecular formula is C21H15BrN8O. The maximum absolute atomic E-state index is 12.6. The summed E-state index contributed by atoms with van der Waals surface area (Å²) in [6, 6.07) is 11.4. The highest BCUT2D eigenvalue weighted by molar-refractivity contribution is 9.10. The van der Waals surface area contributed by atoms with Crippen LogP contribution in [-0.4, -0.2) is 34.5 Å². The number of amides is 1. The summed E-state index contributed by atoms with van der Waals surface area (Å²) in [5.41, 5.74) is 4.10. The molecule has 10 heteroatoms. The van der Waals surface area contributed by atoms with E-state index in [1.165, 1.54) is 6.20 Å². The summed E-state index contributed by atoms with van der Waals surface area (Å²) in [5.74, 6) is -0.232. The average Bonchev–Trinajstić information content (AvgIpc) is 3.49. The predicted octanol–water partition coefficient (Wildman–Crippen LogP) is 2.79. The van der Waals surface area contributed by atoms with Crippen LogP contribution in [0.4, 0.5) is 0 Å². The molecular weight excluding hydrogens is 460 g/mol. The number of imidazole rings is 2. The molecule has 0 aliphatic carbocycles. The Kier molecular flexibility index (Phi) is 4.72. The number of fused-ring (bicyclic) bond motifs is 2. The first-order valence-electron chi connectivity index (χ1n) is 9.39. The van der Waals surface area contributed by atoms with Crippen LogP contribution in [0.2, 0.25) is 0 Å². The molecule has 1 N–H and O–H groups in total. The van der Waals surface area contributed by atoms with Gasteiger partial charge in [-0.2, -0.15) is 10.4 Å². The first-order valence-corrected chi connectivity index (χ1v) is 10.2. The standard InChI is InChI=1S/C21H15BrN8O/c22-15-4-5-28-13-25-18(19(28)6-15)9-24-21(31)14-8-26-29(10-14)11-16-12-30-17(7-23)2-1-3-20(30)27-16/h1-6,8,10,12-13H,9,11H2,(H,24,31). The van der Waals surface area contributed by atoms with Crippen LogP contribution in [0.25, 0.3) is 11.2 Å². The van der Waals surface area contributed by atoms with E-state index in [0.717, 1.165) is 21.4 Å². The predicted molar refractivity (Wildman–Crippen MR) is 115 cm³/mol. The molecule has 0 aromatic carbocycles. The number of halogens is 1. The van der Waals surface area contributed by atoms with Crippen molar-refractivity contribution in [1.82, 2.24) is 33.9 Å². The van der Waals surface area contributed by atoms with Gasteiger partial charge < -0.3 is 9.72 Å². The van der Waals surface area contributed by atoms with E-state index in [0.29, 0.717) is 30.0 Å². The third kappa shape index (κ3) is 3.67. The molecule has 0 bridgehead atoms. The fraction of sp³-hybridized carbons (Fsp3) is 0.0952. The molecule has 5 heterocycles. The van der Waals surface area contributed by atoms with Crippen molar-refractivity contribution < 1.29 is 4.79 Å². The lowest BCUT2D eigenvalue weighted by atomic mass is 10.3. The van der Waals surface area contributed by atoms with Gasteiger partial charge in [0.05, 0.1) is 48.1 Å². The minimum atomic E-state index is -0.232. The number of pyridine rings is 2. The molecule has 5 aromatic heterocycles. The van der Waals surface area contributed by atoms with Crippen LogP contribution in [0.1, 0.15) is 27.4 Å². The molecule has 9 nitrogen and oxygen atoms in total. The molecule has 0 aliphatic heterocycles. The normalized spacial score (nSPS) is 11.1. The molecule has 0 saturated carbocycles. The van der Waals surface area contributed by atoms with Gasteiger partial charge in [0.15, 0.2) is 0 Å². The van der Waals surface area contributed by atoms with Gasteiger partial charge in [-0.15, -0.1) is 0 Å². The second-order valence-electron chi connectivity index (χ2n) is 6.92. The summed E-state index contributed by atoms with van der Waals surface area (Å²) < 4.78 is 6.23. The number of aromatic nitrogens is 6. The quantitative estimate of drug-likeness (QED) is 0.421. The van der Waals surface area contributed by atoms with Crippen molar-refractivity contribution in [2.24, 2.45) is 0 Å². The Morgan fingerprint density at radius 1 is 1.26 bits per heavy atom. The average molecular weight is 475 g/mol. The largest absolute Gasteiger partial charge is 0.346 e. The van der Waals surface area contributed by atoms with Gasteiger partial charge in [-0.25, -0.2) is 9.97 Å². The number of nitrogens with zero attached hydrogens (tertiary/aromatic N) is 7. The van der Waals surface area contributed by atoms with Crippen molar-refractivity contribution >= 4 is 33.0 Å². The third-order valence-electron chi connectivity index (χ3n) is 4.87. The Hall–Kier alpha value is -3.97. The number of hydrogen-bond donors (Lipinski definition) is 1. The molecule has 0 atom stereocenters. The van der Waals surface area contributed by atoms with Gasteiger partial charge in [0.2, 0.25) is 0 Å². The minimum absolute atomic E-state index is 0.232. The molecule has 0 aliphatic rings. The molecule has 152 valence electrons. The summed E-state index contributed by atoms with van der Waals surface area (Å²) in [6.07, 6.45) is 8.62. The van der Waals surface area contributed by atoms with E-state index in [1.807, 2.05) is 28.8 Å². The van der Waals surface area contributed by atoms with Gasteiger partial charge in [-0.05, 0) is 24.3 Å². The van der Waals surface area contributed by atoms with Crippen LogP contribution in [0.3, 0.4) is 0 Å². The summed E-state index contributed by atoms with van der Waals surface area (Å²) >= 11 is 3.46. The Bertz CT molecular complexity index is 1470. The number of nitriles is 1. The van der Waals surface area contributed by atoms with Crippen LogP contribution in [0.5, 0.6) is 0 Å². The van der Waals surface area contributed by atoms with E-state index in [9.17, 15) is 10.1 Å². The van der Waals surface area contributed by atoms with Crippen LogP contribution in [0, 0.1) is 11.3 Å². The zero-order valence-electron chi connectivity index (χ0n) is 16.1. The second-order valence-corrected chi connectivity index (χ2v) is 7.84. The van der Waals surface area contributed by atoms with Gasteiger partial charge in [-0.3, -0.25) is 13.9 Å². The van der Waals surface area contributed by atoms with Crippen molar-refractivity contribution in [3.63, 3.8) is 0 Å².